The molecule has 0 aliphatic heterocycles. The molecular weight excluding hydrogens is 492 g/mol. The topological polar surface area (TPSA) is 118 Å². The van der Waals surface area contributed by atoms with Gasteiger partial charge in [-0.1, -0.05) is 18.2 Å². The number of nitrogens with one attached hydrogen (secondary N) is 2. The summed E-state index contributed by atoms with van der Waals surface area (Å²) in [5.74, 6) is 0.302. The molecule has 3 N–H and O–H groups in total. The number of fused-ring (bicyclic) bond motifs is 1. The molecule has 194 valence electrons. The van der Waals surface area contributed by atoms with Crippen LogP contribution in [-0.4, -0.2) is 52.9 Å². The van der Waals surface area contributed by atoms with E-state index < -0.39 is 11.4 Å². The number of nitrogens with zero attached hydrogens (tertiary/aromatic N) is 3. The summed E-state index contributed by atoms with van der Waals surface area (Å²) in [5, 5.41) is 19.3. The Morgan fingerprint density at radius 3 is 2.62 bits per heavy atom. The number of anilines is 1. The Morgan fingerprint density at radius 2 is 1.92 bits per heavy atom. The summed E-state index contributed by atoms with van der Waals surface area (Å²) >= 11 is 0. The van der Waals surface area contributed by atoms with Gasteiger partial charge >= 0.3 is 0 Å². The molecule has 0 aliphatic carbocycles. The van der Waals surface area contributed by atoms with E-state index in [9.17, 15) is 14.7 Å². The fourth-order valence-electron chi connectivity index (χ4n) is 4.18. The highest BCUT2D eigenvalue weighted by molar-refractivity contribution is 6.39. The standard InChI is InChI=1S/C28H27B2N5O4/c1-4-5-10-35-16-21(15-32-35)33-25(36)13-19-11-17(2)26(18(3)12-19)39-24-8-9-31-23-7-6-20(14-22(23)24)27(37)34-28(29,30)38/h4,6-9,11-12,14-16,38H,1,5,10,13H2,2-3H3,(H,33,36)(H,34,37). The average molecular weight is 519 g/mol. The molecule has 0 saturated carbocycles. The lowest BCUT2D eigenvalue weighted by Gasteiger charge is -2.20. The molecule has 4 radical (unpaired) electrons. The largest absolute Gasteiger partial charge is 0.456 e. The van der Waals surface area contributed by atoms with E-state index in [0.717, 1.165) is 23.1 Å². The minimum absolute atomic E-state index is 0.154. The molecule has 11 heteroatoms. The molecule has 4 aromatic rings. The molecule has 4 rings (SSSR count). The van der Waals surface area contributed by atoms with Crippen molar-refractivity contribution in [3.05, 3.63) is 89.9 Å². The highest BCUT2D eigenvalue weighted by Gasteiger charge is 2.18. The summed E-state index contributed by atoms with van der Waals surface area (Å²) in [7, 11) is 10.6. The van der Waals surface area contributed by atoms with Gasteiger partial charge in [0.05, 0.1) is 23.8 Å². The Bertz CT molecular complexity index is 1520. The number of aromatic nitrogens is 3. The third kappa shape index (κ3) is 7.14. The van der Waals surface area contributed by atoms with Crippen LogP contribution in [0.25, 0.3) is 10.9 Å². The summed E-state index contributed by atoms with van der Waals surface area (Å²) in [4.78, 5) is 29.4. The number of amides is 2. The molecule has 2 aromatic heterocycles. The molecule has 2 heterocycles. The first kappa shape index (κ1) is 27.7. The van der Waals surface area contributed by atoms with Crippen LogP contribution in [0.2, 0.25) is 0 Å². The van der Waals surface area contributed by atoms with Gasteiger partial charge in [-0.25, -0.2) is 0 Å². The summed E-state index contributed by atoms with van der Waals surface area (Å²) < 4.78 is 8.05. The number of pyridine rings is 1. The van der Waals surface area contributed by atoms with Crippen LogP contribution in [0.4, 0.5) is 5.69 Å². The Kier molecular flexibility index (Phi) is 8.21. The fraction of sp³-hybridized carbons (Fsp3) is 0.214. The summed E-state index contributed by atoms with van der Waals surface area (Å²) in [6.45, 7) is 8.21. The minimum Gasteiger partial charge on any atom is -0.456 e. The molecule has 39 heavy (non-hydrogen) atoms. The minimum atomic E-state index is -2.35. The van der Waals surface area contributed by atoms with Crippen LogP contribution >= 0.6 is 0 Å². The summed E-state index contributed by atoms with van der Waals surface area (Å²) in [6.07, 6.45) is 7.81. The van der Waals surface area contributed by atoms with Gasteiger partial charge in [0.15, 0.2) is 0 Å². The van der Waals surface area contributed by atoms with Crippen molar-refractivity contribution < 1.29 is 19.4 Å². The lowest BCUT2D eigenvalue weighted by atomic mass is 9.73. The second-order valence-corrected chi connectivity index (χ2v) is 9.28. The normalized spacial score (nSPS) is 11.3. The number of benzene rings is 2. The smallest absolute Gasteiger partial charge is 0.252 e. The first-order valence-electron chi connectivity index (χ1n) is 12.2. The van der Waals surface area contributed by atoms with Crippen molar-refractivity contribution in [2.45, 2.75) is 38.8 Å². The molecule has 0 atom stereocenters. The molecule has 0 spiro atoms. The molecule has 2 amide bonds. The number of aliphatic hydroxyl groups is 1. The van der Waals surface area contributed by atoms with Gasteiger partial charge in [0.1, 0.15) is 27.2 Å². The monoisotopic (exact) mass is 519 g/mol. The van der Waals surface area contributed by atoms with Crippen LogP contribution in [0.3, 0.4) is 0 Å². The van der Waals surface area contributed by atoms with E-state index >= 15 is 0 Å². The fourth-order valence-corrected chi connectivity index (χ4v) is 4.18. The lowest BCUT2D eigenvalue weighted by molar-refractivity contribution is -0.115. The maximum Gasteiger partial charge on any atom is 0.252 e. The first-order valence-corrected chi connectivity index (χ1v) is 12.2. The van der Waals surface area contributed by atoms with E-state index in [2.05, 4.69) is 27.3 Å². The Balaban J connectivity index is 1.51. The maximum atomic E-state index is 12.7. The van der Waals surface area contributed by atoms with E-state index in [1.54, 1.807) is 47.5 Å². The van der Waals surface area contributed by atoms with Crippen LogP contribution in [0.5, 0.6) is 11.5 Å². The third-order valence-electron chi connectivity index (χ3n) is 5.85. The van der Waals surface area contributed by atoms with Gasteiger partial charge in [-0.2, -0.15) is 5.10 Å². The number of hydrogen-bond acceptors (Lipinski definition) is 6. The molecular formula is C28H27B2N5O4. The molecule has 0 saturated heterocycles. The zero-order chi connectivity index (χ0) is 28.2. The Morgan fingerprint density at radius 1 is 1.18 bits per heavy atom. The number of carbonyl (C=O) groups is 2. The van der Waals surface area contributed by atoms with Gasteiger partial charge in [0.2, 0.25) is 5.91 Å². The van der Waals surface area contributed by atoms with E-state index in [4.69, 9.17) is 20.4 Å². The molecule has 0 aliphatic rings. The van der Waals surface area contributed by atoms with Crippen LogP contribution in [-0.2, 0) is 17.8 Å². The number of hydrogen-bond donors (Lipinski definition) is 3. The Labute approximate surface area is 229 Å². The van der Waals surface area contributed by atoms with Gasteiger partial charge in [0, 0.05) is 35.4 Å². The number of rotatable bonds is 10. The van der Waals surface area contributed by atoms with E-state index in [0.29, 0.717) is 34.6 Å². The van der Waals surface area contributed by atoms with Crippen molar-refractivity contribution in [1.82, 2.24) is 20.1 Å². The second kappa shape index (κ2) is 11.6. The van der Waals surface area contributed by atoms with Crippen LogP contribution < -0.4 is 15.4 Å². The molecule has 2 aromatic carbocycles. The molecule has 0 unspecified atom stereocenters. The first-order chi connectivity index (χ1) is 18.5. The highest BCUT2D eigenvalue weighted by atomic mass is 16.5. The predicted molar refractivity (Wildman–Crippen MR) is 151 cm³/mol. The van der Waals surface area contributed by atoms with E-state index in [1.165, 1.54) is 0 Å². The average Bonchev–Trinajstić information content (AvgIpc) is 3.30. The van der Waals surface area contributed by atoms with Crippen molar-refractivity contribution in [2.24, 2.45) is 0 Å². The van der Waals surface area contributed by atoms with Gasteiger partial charge in [-0.05, 0) is 61.2 Å². The lowest BCUT2D eigenvalue weighted by Crippen LogP contribution is -2.49. The van der Waals surface area contributed by atoms with E-state index in [-0.39, 0.29) is 17.9 Å². The Hall–Kier alpha value is -4.37. The zero-order valence-electron chi connectivity index (χ0n) is 21.8. The summed E-state index contributed by atoms with van der Waals surface area (Å²) in [5.41, 5.74) is 1.63. The quantitative estimate of drug-likeness (QED) is 0.168. The van der Waals surface area contributed by atoms with Crippen LogP contribution in [0, 0.1) is 13.8 Å². The predicted octanol–water partition coefficient (Wildman–Crippen LogP) is 3.27. The van der Waals surface area contributed by atoms with Crippen molar-refractivity contribution >= 4 is 44.1 Å². The van der Waals surface area contributed by atoms with Crippen molar-refractivity contribution in [2.75, 3.05) is 5.32 Å². The van der Waals surface area contributed by atoms with Gasteiger partial charge < -0.3 is 20.5 Å². The van der Waals surface area contributed by atoms with Gasteiger partial charge in [-0.3, -0.25) is 19.3 Å². The molecule has 0 bridgehead atoms. The number of aryl methyl sites for hydroxylation is 3. The summed E-state index contributed by atoms with van der Waals surface area (Å²) in [6, 6.07) is 10.3. The van der Waals surface area contributed by atoms with Crippen molar-refractivity contribution in [3.8, 4) is 11.5 Å². The SMILES string of the molecule is [B]C([B])(O)NC(=O)c1ccc2nccc(Oc3c(C)cc(CC(=O)Nc4cnn(CCC=C)c4)cc3C)c2c1. The molecule has 0 fully saturated rings. The van der Waals surface area contributed by atoms with Crippen molar-refractivity contribution in [3.63, 3.8) is 0 Å². The highest BCUT2D eigenvalue weighted by Crippen LogP contribution is 2.34. The van der Waals surface area contributed by atoms with Gasteiger partial charge in [-0.15, -0.1) is 6.58 Å². The van der Waals surface area contributed by atoms with Crippen LogP contribution in [0.15, 0.2) is 67.6 Å². The molecule has 9 nitrogen and oxygen atoms in total. The third-order valence-corrected chi connectivity index (χ3v) is 5.85. The zero-order valence-corrected chi connectivity index (χ0v) is 21.8. The van der Waals surface area contributed by atoms with Gasteiger partial charge in [0.25, 0.3) is 5.91 Å². The number of ether oxygens (including phenoxy) is 1. The van der Waals surface area contributed by atoms with Crippen LogP contribution in [0.1, 0.15) is 33.5 Å². The van der Waals surface area contributed by atoms with Crippen molar-refractivity contribution in [1.29, 1.82) is 0 Å². The number of carbonyl (C=O) groups excluding carboxylic acids is 2. The second-order valence-electron chi connectivity index (χ2n) is 9.28. The number of allylic oxidation sites excluding steroid dienone is 1. The van der Waals surface area contributed by atoms with E-state index in [1.807, 2.05) is 32.1 Å². The maximum absolute atomic E-state index is 12.7.